The Morgan fingerprint density at radius 2 is 2.25 bits per heavy atom. The Morgan fingerprint density at radius 1 is 1.50 bits per heavy atom. The normalized spacial score (nSPS) is 17.4. The zero-order chi connectivity index (χ0) is 14.8. The second kappa shape index (κ2) is 6.22. The molecule has 0 spiro atoms. The van der Waals surface area contributed by atoms with Crippen molar-refractivity contribution in [2.75, 3.05) is 19.6 Å². The van der Waals surface area contributed by atoms with E-state index in [4.69, 9.17) is 5.73 Å². The third kappa shape index (κ3) is 4.56. The van der Waals surface area contributed by atoms with Gasteiger partial charge in [-0.05, 0) is 20.8 Å². The second-order valence-corrected chi connectivity index (χ2v) is 6.50. The Balaban J connectivity index is 1.76. The van der Waals surface area contributed by atoms with Crippen LogP contribution in [0.5, 0.6) is 0 Å². The summed E-state index contributed by atoms with van der Waals surface area (Å²) in [6.07, 6.45) is 2.06. The van der Waals surface area contributed by atoms with Gasteiger partial charge in [0.15, 0.2) is 0 Å². The Labute approximate surface area is 120 Å². The van der Waals surface area contributed by atoms with E-state index in [0.29, 0.717) is 6.54 Å². The predicted molar refractivity (Wildman–Crippen MR) is 79.2 cm³/mol. The maximum atomic E-state index is 9.81. The topological polar surface area (TPSA) is 79.3 Å². The summed E-state index contributed by atoms with van der Waals surface area (Å²) in [5.41, 5.74) is 7.40. The van der Waals surface area contributed by atoms with E-state index in [1.165, 1.54) is 5.56 Å². The molecule has 114 valence electrons. The van der Waals surface area contributed by atoms with Crippen LogP contribution in [0, 0.1) is 0 Å². The molecule has 0 radical (unpaired) electrons. The molecule has 20 heavy (non-hydrogen) atoms. The van der Waals surface area contributed by atoms with Crippen LogP contribution in [-0.4, -0.2) is 51.1 Å². The van der Waals surface area contributed by atoms with Crippen LogP contribution >= 0.6 is 0 Å². The van der Waals surface area contributed by atoms with Crippen LogP contribution in [0.4, 0.5) is 0 Å². The third-order valence-corrected chi connectivity index (χ3v) is 3.31. The highest BCUT2D eigenvalue weighted by molar-refractivity contribution is 5.21. The van der Waals surface area contributed by atoms with Crippen molar-refractivity contribution in [3.8, 4) is 0 Å². The first kappa shape index (κ1) is 15.4. The summed E-state index contributed by atoms with van der Waals surface area (Å²) in [4.78, 5) is 2.38. The van der Waals surface area contributed by atoms with E-state index in [9.17, 15) is 5.11 Å². The minimum absolute atomic E-state index is 0.204. The van der Waals surface area contributed by atoms with Crippen molar-refractivity contribution in [2.45, 2.75) is 52.0 Å². The van der Waals surface area contributed by atoms with Crippen molar-refractivity contribution in [1.82, 2.24) is 20.0 Å². The molecule has 0 amide bonds. The van der Waals surface area contributed by atoms with E-state index in [-0.39, 0.29) is 6.04 Å². The lowest BCUT2D eigenvalue weighted by atomic mass is 10.1. The molecule has 0 bridgehead atoms. The van der Waals surface area contributed by atoms with E-state index in [2.05, 4.69) is 21.5 Å². The number of hydrogen-bond acceptors (Lipinski definition) is 5. The predicted octanol–water partition coefficient (Wildman–Crippen LogP) is -0.0936. The highest BCUT2D eigenvalue weighted by atomic mass is 16.3. The minimum Gasteiger partial charge on any atom is -0.389 e. The monoisotopic (exact) mass is 281 g/mol. The molecule has 0 aliphatic carbocycles. The van der Waals surface area contributed by atoms with Crippen molar-refractivity contribution in [1.29, 1.82) is 0 Å². The Kier molecular flexibility index (Phi) is 4.80. The summed E-state index contributed by atoms with van der Waals surface area (Å²) in [5.74, 6) is 0. The third-order valence-electron chi connectivity index (χ3n) is 3.31. The zero-order valence-electron chi connectivity index (χ0n) is 12.8. The van der Waals surface area contributed by atoms with Crippen molar-refractivity contribution < 1.29 is 5.11 Å². The standard InChI is InChI=1S/C14H27N5O/c1-11(15)6-16-4-5-18-7-12-8-19(10-14(2,3)20)17-13(12)9-18/h8,11,16,20H,4-7,9-10,15H2,1-3H3/t11-/m0/s1. The first-order valence-corrected chi connectivity index (χ1v) is 7.30. The molecule has 4 N–H and O–H groups in total. The SMILES string of the molecule is C[C@H](N)CNCCN1Cc2cn(CC(C)(C)O)nc2C1. The molecule has 1 aliphatic rings. The molecule has 0 fully saturated rings. The van der Waals surface area contributed by atoms with Gasteiger partial charge in [0, 0.05) is 50.5 Å². The summed E-state index contributed by atoms with van der Waals surface area (Å²) in [6, 6.07) is 0.204. The molecular formula is C14H27N5O. The number of nitrogens with one attached hydrogen (secondary N) is 1. The maximum Gasteiger partial charge on any atom is 0.0809 e. The summed E-state index contributed by atoms with van der Waals surface area (Å²) >= 11 is 0. The van der Waals surface area contributed by atoms with Gasteiger partial charge in [-0.2, -0.15) is 5.10 Å². The molecule has 0 aromatic carbocycles. The van der Waals surface area contributed by atoms with Crippen LogP contribution in [0.1, 0.15) is 32.0 Å². The van der Waals surface area contributed by atoms with Crippen molar-refractivity contribution >= 4 is 0 Å². The molecule has 2 heterocycles. The lowest BCUT2D eigenvalue weighted by molar-refractivity contribution is 0.0574. The van der Waals surface area contributed by atoms with Gasteiger partial charge in [-0.25, -0.2) is 0 Å². The number of fused-ring (bicyclic) bond motifs is 1. The van der Waals surface area contributed by atoms with Crippen molar-refractivity contribution in [2.24, 2.45) is 5.73 Å². The largest absolute Gasteiger partial charge is 0.389 e. The van der Waals surface area contributed by atoms with Gasteiger partial charge < -0.3 is 16.2 Å². The molecule has 6 heteroatoms. The fourth-order valence-electron chi connectivity index (χ4n) is 2.48. The van der Waals surface area contributed by atoms with Gasteiger partial charge in [-0.3, -0.25) is 9.58 Å². The Hall–Kier alpha value is -0.950. The van der Waals surface area contributed by atoms with E-state index in [1.807, 2.05) is 11.6 Å². The lowest BCUT2D eigenvalue weighted by Crippen LogP contribution is -2.35. The number of hydrogen-bond donors (Lipinski definition) is 3. The van der Waals surface area contributed by atoms with Crippen LogP contribution in [0.25, 0.3) is 0 Å². The fourth-order valence-corrected chi connectivity index (χ4v) is 2.48. The van der Waals surface area contributed by atoms with E-state index < -0.39 is 5.60 Å². The van der Waals surface area contributed by atoms with Gasteiger partial charge in [0.05, 0.1) is 17.8 Å². The van der Waals surface area contributed by atoms with Crippen molar-refractivity contribution in [3.63, 3.8) is 0 Å². The highest BCUT2D eigenvalue weighted by Crippen LogP contribution is 2.21. The van der Waals surface area contributed by atoms with Gasteiger partial charge in [0.25, 0.3) is 0 Å². The van der Waals surface area contributed by atoms with E-state index >= 15 is 0 Å². The summed E-state index contributed by atoms with van der Waals surface area (Å²) in [5, 5.41) is 17.7. The van der Waals surface area contributed by atoms with Crippen LogP contribution in [0.15, 0.2) is 6.20 Å². The first-order valence-electron chi connectivity index (χ1n) is 7.30. The Morgan fingerprint density at radius 3 is 2.85 bits per heavy atom. The molecule has 0 unspecified atom stereocenters. The number of aromatic nitrogens is 2. The van der Waals surface area contributed by atoms with Crippen molar-refractivity contribution in [3.05, 3.63) is 17.5 Å². The average molecular weight is 281 g/mol. The highest BCUT2D eigenvalue weighted by Gasteiger charge is 2.23. The van der Waals surface area contributed by atoms with Gasteiger partial charge in [0.1, 0.15) is 0 Å². The van der Waals surface area contributed by atoms with Gasteiger partial charge in [-0.15, -0.1) is 0 Å². The number of rotatable bonds is 7. The quantitative estimate of drug-likeness (QED) is 0.609. The summed E-state index contributed by atoms with van der Waals surface area (Å²) in [7, 11) is 0. The summed E-state index contributed by atoms with van der Waals surface area (Å²) in [6.45, 7) is 10.8. The molecule has 2 rings (SSSR count). The van der Waals surface area contributed by atoms with E-state index in [0.717, 1.165) is 38.4 Å². The molecule has 0 saturated carbocycles. The molecular weight excluding hydrogens is 254 g/mol. The van der Waals surface area contributed by atoms with Gasteiger partial charge in [-0.1, -0.05) is 0 Å². The Bertz CT molecular complexity index is 412. The van der Waals surface area contributed by atoms with Crippen LogP contribution in [0.3, 0.4) is 0 Å². The molecule has 1 aromatic heterocycles. The van der Waals surface area contributed by atoms with Crippen LogP contribution in [-0.2, 0) is 19.6 Å². The summed E-state index contributed by atoms with van der Waals surface area (Å²) < 4.78 is 1.86. The smallest absolute Gasteiger partial charge is 0.0809 e. The number of nitrogens with zero attached hydrogens (tertiary/aromatic N) is 3. The molecule has 1 atom stereocenters. The average Bonchev–Trinajstić information content (AvgIpc) is 2.79. The zero-order valence-corrected chi connectivity index (χ0v) is 12.8. The number of aliphatic hydroxyl groups is 1. The van der Waals surface area contributed by atoms with E-state index in [1.54, 1.807) is 13.8 Å². The lowest BCUT2D eigenvalue weighted by Gasteiger charge is -2.18. The van der Waals surface area contributed by atoms with Crippen LogP contribution < -0.4 is 11.1 Å². The number of nitrogens with two attached hydrogens (primary N) is 1. The van der Waals surface area contributed by atoms with Gasteiger partial charge >= 0.3 is 0 Å². The maximum absolute atomic E-state index is 9.81. The second-order valence-electron chi connectivity index (χ2n) is 6.50. The molecule has 0 saturated heterocycles. The minimum atomic E-state index is -0.720. The van der Waals surface area contributed by atoms with Crippen LogP contribution in [0.2, 0.25) is 0 Å². The first-order chi connectivity index (χ1) is 9.33. The molecule has 1 aromatic rings. The van der Waals surface area contributed by atoms with Gasteiger partial charge in [0.2, 0.25) is 0 Å². The molecule has 6 nitrogen and oxygen atoms in total. The fraction of sp³-hybridized carbons (Fsp3) is 0.786. The molecule has 1 aliphatic heterocycles.